The summed E-state index contributed by atoms with van der Waals surface area (Å²) in [5.74, 6) is 0.0618. The maximum absolute atomic E-state index is 12.4. The van der Waals surface area contributed by atoms with Crippen LogP contribution in [0, 0.1) is 5.92 Å². The Bertz CT molecular complexity index is 666. The van der Waals surface area contributed by atoms with E-state index in [0.29, 0.717) is 17.8 Å². The number of likely N-dealkylation sites (tertiary alicyclic amines) is 1. The zero-order valence-corrected chi connectivity index (χ0v) is 16.5. The third kappa shape index (κ3) is 5.22. The zero-order chi connectivity index (χ0) is 19.2. The summed E-state index contributed by atoms with van der Waals surface area (Å²) in [4.78, 5) is 27.1. The van der Waals surface area contributed by atoms with Crippen LogP contribution in [0.2, 0.25) is 0 Å². The molecule has 3 N–H and O–H groups in total. The lowest BCUT2D eigenvalue weighted by Crippen LogP contribution is -2.42. The highest BCUT2D eigenvalue weighted by atomic mass is 16.2. The molecule has 1 atom stereocenters. The Labute approximate surface area is 162 Å². The first-order valence-electron chi connectivity index (χ1n) is 10.3. The fourth-order valence-corrected chi connectivity index (χ4v) is 3.79. The van der Waals surface area contributed by atoms with Gasteiger partial charge in [-0.3, -0.25) is 9.59 Å². The van der Waals surface area contributed by atoms with E-state index >= 15 is 0 Å². The summed E-state index contributed by atoms with van der Waals surface area (Å²) in [6, 6.07) is 5.19. The Morgan fingerprint density at radius 3 is 2.63 bits per heavy atom. The van der Waals surface area contributed by atoms with Crippen molar-refractivity contribution in [3.8, 4) is 0 Å². The molecular formula is C21H32N4O2. The minimum atomic E-state index is -0.240. The van der Waals surface area contributed by atoms with Crippen molar-refractivity contribution >= 4 is 23.2 Å². The lowest BCUT2D eigenvalue weighted by molar-refractivity contribution is -0.117. The molecule has 1 aromatic rings. The van der Waals surface area contributed by atoms with Crippen LogP contribution in [0.4, 0.5) is 11.4 Å². The van der Waals surface area contributed by atoms with Gasteiger partial charge in [-0.2, -0.15) is 0 Å². The highest BCUT2D eigenvalue weighted by molar-refractivity contribution is 6.05. The first kappa shape index (κ1) is 19.7. The van der Waals surface area contributed by atoms with Crippen molar-refractivity contribution < 1.29 is 9.59 Å². The fourth-order valence-electron chi connectivity index (χ4n) is 3.79. The fraction of sp³-hybridized carbons (Fsp3) is 0.619. The molecule has 1 saturated heterocycles. The SMILES string of the molecule is CC(C)C1Nc2ccc(C(=O)NCCCN3CCCCCC3)cc2NC1=O. The molecular weight excluding hydrogens is 340 g/mol. The average Bonchev–Trinajstić information content (AvgIpc) is 2.92. The summed E-state index contributed by atoms with van der Waals surface area (Å²) in [5.41, 5.74) is 2.12. The predicted molar refractivity (Wildman–Crippen MR) is 109 cm³/mol. The van der Waals surface area contributed by atoms with Crippen LogP contribution in [0.25, 0.3) is 0 Å². The number of hydrogen-bond donors (Lipinski definition) is 3. The van der Waals surface area contributed by atoms with E-state index in [2.05, 4.69) is 20.9 Å². The first-order valence-corrected chi connectivity index (χ1v) is 10.3. The predicted octanol–water partition coefficient (Wildman–Crippen LogP) is 3.07. The summed E-state index contributed by atoms with van der Waals surface area (Å²) in [7, 11) is 0. The van der Waals surface area contributed by atoms with Gasteiger partial charge in [0, 0.05) is 12.1 Å². The van der Waals surface area contributed by atoms with Gasteiger partial charge in [-0.1, -0.05) is 26.7 Å². The Hall–Kier alpha value is -2.08. The minimum absolute atomic E-state index is 0.0486. The van der Waals surface area contributed by atoms with Gasteiger partial charge in [0.05, 0.1) is 11.4 Å². The number of amides is 2. The van der Waals surface area contributed by atoms with Crippen LogP contribution >= 0.6 is 0 Å². The number of fused-ring (bicyclic) bond motifs is 1. The van der Waals surface area contributed by atoms with E-state index in [1.807, 2.05) is 26.0 Å². The van der Waals surface area contributed by atoms with Crippen LogP contribution < -0.4 is 16.0 Å². The van der Waals surface area contributed by atoms with E-state index in [9.17, 15) is 9.59 Å². The van der Waals surface area contributed by atoms with Gasteiger partial charge in [-0.05, 0) is 63.0 Å². The molecule has 2 heterocycles. The van der Waals surface area contributed by atoms with Gasteiger partial charge in [0.1, 0.15) is 6.04 Å². The quantitative estimate of drug-likeness (QED) is 0.671. The second-order valence-corrected chi connectivity index (χ2v) is 7.98. The molecule has 0 aromatic heterocycles. The van der Waals surface area contributed by atoms with Crippen LogP contribution in [-0.4, -0.2) is 48.9 Å². The number of hydrogen-bond acceptors (Lipinski definition) is 4. The van der Waals surface area contributed by atoms with Gasteiger partial charge in [-0.25, -0.2) is 0 Å². The van der Waals surface area contributed by atoms with Gasteiger partial charge in [0.15, 0.2) is 0 Å². The Morgan fingerprint density at radius 2 is 1.93 bits per heavy atom. The van der Waals surface area contributed by atoms with Crippen LogP contribution in [0.15, 0.2) is 18.2 Å². The standard InChI is InChI=1S/C21H32N4O2/c1-15(2)19-21(27)24-18-14-16(8-9-17(18)23-19)20(26)22-10-7-13-25-11-5-3-4-6-12-25/h8-9,14-15,19,23H,3-7,10-13H2,1-2H3,(H,22,26)(H,24,27). The number of anilines is 2. The lowest BCUT2D eigenvalue weighted by Gasteiger charge is -2.29. The molecule has 1 aromatic carbocycles. The maximum atomic E-state index is 12.4. The summed E-state index contributed by atoms with van der Waals surface area (Å²) in [6.45, 7) is 8.10. The van der Waals surface area contributed by atoms with Crippen molar-refractivity contribution in [1.82, 2.24) is 10.2 Å². The van der Waals surface area contributed by atoms with Gasteiger partial charge in [0.2, 0.25) is 5.91 Å². The molecule has 1 unspecified atom stereocenters. The molecule has 2 aliphatic rings. The largest absolute Gasteiger partial charge is 0.372 e. The van der Waals surface area contributed by atoms with E-state index in [4.69, 9.17) is 0 Å². The summed E-state index contributed by atoms with van der Waals surface area (Å²) in [6.07, 6.45) is 6.23. The van der Waals surface area contributed by atoms with E-state index in [1.165, 1.54) is 38.8 Å². The molecule has 6 heteroatoms. The number of benzene rings is 1. The monoisotopic (exact) mass is 372 g/mol. The van der Waals surface area contributed by atoms with Crippen LogP contribution in [0.1, 0.15) is 56.3 Å². The smallest absolute Gasteiger partial charge is 0.251 e. The average molecular weight is 373 g/mol. The Balaban J connectivity index is 1.49. The number of rotatable bonds is 6. The van der Waals surface area contributed by atoms with E-state index in [1.54, 1.807) is 6.07 Å². The Kier molecular flexibility index (Phi) is 6.72. The third-order valence-corrected chi connectivity index (χ3v) is 5.44. The second kappa shape index (κ2) is 9.22. The van der Waals surface area contributed by atoms with Gasteiger partial charge >= 0.3 is 0 Å². The molecule has 0 radical (unpaired) electrons. The normalized spacial score (nSPS) is 20.4. The summed E-state index contributed by atoms with van der Waals surface area (Å²) in [5, 5.41) is 9.17. The molecule has 0 aliphatic carbocycles. The van der Waals surface area contributed by atoms with Crippen LogP contribution in [0.5, 0.6) is 0 Å². The number of carbonyl (C=O) groups excluding carboxylic acids is 2. The minimum Gasteiger partial charge on any atom is -0.372 e. The first-order chi connectivity index (χ1) is 13.0. The van der Waals surface area contributed by atoms with Gasteiger partial charge in [-0.15, -0.1) is 0 Å². The third-order valence-electron chi connectivity index (χ3n) is 5.44. The lowest BCUT2D eigenvalue weighted by atomic mass is 9.99. The molecule has 3 rings (SSSR count). The second-order valence-electron chi connectivity index (χ2n) is 7.98. The Morgan fingerprint density at radius 1 is 1.19 bits per heavy atom. The maximum Gasteiger partial charge on any atom is 0.251 e. The van der Waals surface area contributed by atoms with Crippen LogP contribution in [-0.2, 0) is 4.79 Å². The molecule has 27 heavy (non-hydrogen) atoms. The van der Waals surface area contributed by atoms with E-state index < -0.39 is 0 Å². The molecule has 148 valence electrons. The molecule has 1 fully saturated rings. The van der Waals surface area contributed by atoms with Gasteiger partial charge in [0.25, 0.3) is 5.91 Å². The van der Waals surface area contributed by atoms with Crippen molar-refractivity contribution in [1.29, 1.82) is 0 Å². The van der Waals surface area contributed by atoms with Crippen molar-refractivity contribution in [2.45, 2.75) is 52.0 Å². The van der Waals surface area contributed by atoms with Crippen molar-refractivity contribution in [3.63, 3.8) is 0 Å². The topological polar surface area (TPSA) is 73.5 Å². The number of carbonyl (C=O) groups is 2. The highest BCUT2D eigenvalue weighted by Gasteiger charge is 2.28. The van der Waals surface area contributed by atoms with Gasteiger partial charge < -0.3 is 20.9 Å². The molecule has 0 spiro atoms. The zero-order valence-electron chi connectivity index (χ0n) is 16.5. The molecule has 0 bridgehead atoms. The summed E-state index contributed by atoms with van der Waals surface area (Å²) >= 11 is 0. The van der Waals surface area contributed by atoms with E-state index in [-0.39, 0.29) is 23.8 Å². The highest BCUT2D eigenvalue weighted by Crippen LogP contribution is 2.29. The van der Waals surface area contributed by atoms with Crippen molar-refractivity contribution in [3.05, 3.63) is 23.8 Å². The molecule has 0 saturated carbocycles. The molecule has 2 aliphatic heterocycles. The number of nitrogens with zero attached hydrogens (tertiary/aromatic N) is 1. The van der Waals surface area contributed by atoms with E-state index in [0.717, 1.165) is 18.7 Å². The van der Waals surface area contributed by atoms with Crippen LogP contribution in [0.3, 0.4) is 0 Å². The molecule has 2 amide bonds. The number of nitrogens with one attached hydrogen (secondary N) is 3. The van der Waals surface area contributed by atoms with Crippen molar-refractivity contribution in [2.24, 2.45) is 5.92 Å². The summed E-state index contributed by atoms with van der Waals surface area (Å²) < 4.78 is 0. The van der Waals surface area contributed by atoms with Crippen molar-refractivity contribution in [2.75, 3.05) is 36.8 Å². The molecule has 6 nitrogen and oxygen atoms in total.